The molecule has 6 heteroatoms. The summed E-state index contributed by atoms with van der Waals surface area (Å²) in [6.45, 7) is 6.61. The van der Waals surface area contributed by atoms with Crippen LogP contribution < -0.4 is 15.3 Å². The molecule has 0 aliphatic heterocycles. The Morgan fingerprint density at radius 2 is 1.21 bits per heavy atom. The van der Waals surface area contributed by atoms with Gasteiger partial charge in [0.2, 0.25) is 0 Å². The molecule has 0 spiro atoms. The Morgan fingerprint density at radius 1 is 0.702 bits per heavy atom. The van der Waals surface area contributed by atoms with Gasteiger partial charge < -0.3 is 9.16 Å². The highest BCUT2D eigenvalue weighted by molar-refractivity contribution is 6.80. The van der Waals surface area contributed by atoms with E-state index >= 15 is 0 Å². The number of hydrogen-bond acceptors (Lipinski definition) is 4. The summed E-state index contributed by atoms with van der Waals surface area (Å²) in [5, 5.41) is 2.09. The molecule has 1 aliphatic rings. The summed E-state index contributed by atoms with van der Waals surface area (Å²) in [6.07, 6.45) is 0.693. The molecule has 0 N–H and O–H groups in total. The van der Waals surface area contributed by atoms with Gasteiger partial charge in [0.15, 0.2) is 5.78 Å². The number of Topliss-reactive ketones (excluding diaryl/α,β-unsaturated/α-hetero) is 1. The van der Waals surface area contributed by atoms with E-state index in [1.165, 1.54) is 5.56 Å². The Kier molecular flexibility index (Phi) is 9.52. The summed E-state index contributed by atoms with van der Waals surface area (Å²) in [5.41, 5.74) is 3.23. The summed E-state index contributed by atoms with van der Waals surface area (Å²) in [6, 6.07) is 45.5. The Bertz CT molecular complexity index is 1730. The lowest BCUT2D eigenvalue weighted by Crippen LogP contribution is -2.55. The highest BCUT2D eigenvalue weighted by Crippen LogP contribution is 2.43. The van der Waals surface area contributed by atoms with Crippen LogP contribution in [0.25, 0.3) is 0 Å². The summed E-state index contributed by atoms with van der Waals surface area (Å²) < 4.78 is 13.4. The summed E-state index contributed by atoms with van der Waals surface area (Å²) >= 11 is 0. The Morgan fingerprint density at radius 3 is 1.72 bits per heavy atom. The SMILES string of the molecule is CC(C)(C)c1cccc2c1CCC(=O)C2(CCOC(=O)N(c1ccccc1)c1ccccc1)O[Si](c1ccccc1)c1ccccc1. The van der Waals surface area contributed by atoms with E-state index in [4.69, 9.17) is 9.16 Å². The molecule has 5 nitrogen and oxygen atoms in total. The summed E-state index contributed by atoms with van der Waals surface area (Å²) in [4.78, 5) is 29.8. The van der Waals surface area contributed by atoms with Crippen LogP contribution in [0, 0.1) is 0 Å². The number of fused-ring (bicyclic) bond motifs is 1. The van der Waals surface area contributed by atoms with E-state index in [1.54, 1.807) is 4.90 Å². The van der Waals surface area contributed by atoms with E-state index in [1.807, 2.05) is 109 Å². The second-order valence-electron chi connectivity index (χ2n) is 12.9. The molecule has 0 fully saturated rings. The van der Waals surface area contributed by atoms with Gasteiger partial charge in [-0.15, -0.1) is 0 Å². The molecule has 0 saturated heterocycles. The molecular weight excluding hydrogens is 599 g/mol. The molecule has 1 radical (unpaired) electrons. The van der Waals surface area contributed by atoms with Crippen molar-refractivity contribution in [1.82, 2.24) is 0 Å². The number of ketones is 1. The molecule has 5 aromatic carbocycles. The van der Waals surface area contributed by atoms with Crippen molar-refractivity contribution in [3.05, 3.63) is 156 Å². The van der Waals surface area contributed by atoms with Crippen molar-refractivity contribution in [2.45, 2.75) is 51.0 Å². The number of amides is 1. The second kappa shape index (κ2) is 13.9. The fraction of sp³-hybridized carbons (Fsp3) is 0.220. The maximum absolute atomic E-state index is 14.4. The molecule has 1 aliphatic carbocycles. The van der Waals surface area contributed by atoms with Gasteiger partial charge in [0.05, 0.1) is 18.0 Å². The zero-order valence-electron chi connectivity index (χ0n) is 27.2. The van der Waals surface area contributed by atoms with Crippen molar-refractivity contribution in [2.75, 3.05) is 11.5 Å². The van der Waals surface area contributed by atoms with E-state index in [-0.39, 0.29) is 24.2 Å². The largest absolute Gasteiger partial charge is 0.449 e. The third kappa shape index (κ3) is 6.85. The van der Waals surface area contributed by atoms with Crippen molar-refractivity contribution in [2.24, 2.45) is 0 Å². The third-order valence-corrected chi connectivity index (χ3v) is 11.0. The zero-order chi connectivity index (χ0) is 32.9. The van der Waals surface area contributed by atoms with Crippen molar-refractivity contribution in [1.29, 1.82) is 0 Å². The van der Waals surface area contributed by atoms with Crippen LogP contribution in [0.15, 0.2) is 140 Å². The van der Waals surface area contributed by atoms with Gasteiger partial charge >= 0.3 is 6.09 Å². The van der Waals surface area contributed by atoms with Crippen molar-refractivity contribution < 1.29 is 18.8 Å². The average Bonchev–Trinajstić information content (AvgIpc) is 3.10. The minimum atomic E-state index is -1.90. The Labute approximate surface area is 279 Å². The van der Waals surface area contributed by atoms with Crippen LogP contribution >= 0.6 is 0 Å². The molecule has 0 heterocycles. The lowest BCUT2D eigenvalue weighted by Gasteiger charge is -2.42. The number of para-hydroxylation sites is 2. The number of benzene rings is 5. The smallest absolute Gasteiger partial charge is 0.418 e. The number of carbonyl (C=O) groups is 2. The quantitative estimate of drug-likeness (QED) is 0.154. The van der Waals surface area contributed by atoms with Crippen LogP contribution in [0.2, 0.25) is 0 Å². The van der Waals surface area contributed by atoms with Crippen LogP contribution in [0.1, 0.15) is 50.3 Å². The lowest BCUT2D eigenvalue weighted by molar-refractivity contribution is -0.138. The van der Waals surface area contributed by atoms with Gasteiger partial charge in [-0.25, -0.2) is 9.69 Å². The highest BCUT2D eigenvalue weighted by atomic mass is 28.3. The van der Waals surface area contributed by atoms with Gasteiger partial charge in [-0.2, -0.15) is 0 Å². The van der Waals surface area contributed by atoms with Crippen LogP contribution in [0.3, 0.4) is 0 Å². The van der Waals surface area contributed by atoms with Crippen molar-refractivity contribution >= 4 is 42.7 Å². The normalized spacial score (nSPS) is 16.0. The molecule has 6 rings (SSSR count). The first-order chi connectivity index (χ1) is 22.8. The standard InChI is InChI=1S/C41H40NO4Si/c1-40(2,3)36-25-16-26-37-35(36)27-28-38(43)41(37,46-47(33-21-12-6-13-22-33)34-23-14-7-15-24-34)29-30-45-39(44)42(31-17-8-4-9-18-31)32-19-10-5-11-20-32/h4-26H,27-30H2,1-3H3. The molecule has 5 aromatic rings. The Hall–Kier alpha value is -4.78. The van der Waals surface area contributed by atoms with Crippen LogP contribution in [0.5, 0.6) is 0 Å². The van der Waals surface area contributed by atoms with E-state index in [0.29, 0.717) is 24.2 Å². The predicted octanol–water partition coefficient (Wildman–Crippen LogP) is 7.88. The maximum atomic E-state index is 14.4. The fourth-order valence-electron chi connectivity index (χ4n) is 6.46. The molecule has 0 bridgehead atoms. The fourth-order valence-corrected chi connectivity index (χ4v) is 8.70. The first-order valence-corrected chi connectivity index (χ1v) is 17.6. The van der Waals surface area contributed by atoms with Crippen LogP contribution in [-0.2, 0) is 31.4 Å². The van der Waals surface area contributed by atoms with E-state index in [9.17, 15) is 9.59 Å². The number of carbonyl (C=O) groups excluding carboxylic acids is 2. The number of ether oxygens (including phenoxy) is 1. The average molecular weight is 639 g/mol. The van der Waals surface area contributed by atoms with E-state index in [0.717, 1.165) is 21.5 Å². The minimum Gasteiger partial charge on any atom is -0.449 e. The van der Waals surface area contributed by atoms with Crippen LogP contribution in [-0.4, -0.2) is 27.5 Å². The third-order valence-electron chi connectivity index (χ3n) is 8.71. The molecule has 1 unspecified atom stereocenters. The molecule has 1 atom stereocenters. The molecule has 237 valence electrons. The second-order valence-corrected chi connectivity index (χ2v) is 14.9. The number of nitrogens with zero attached hydrogens (tertiary/aromatic N) is 1. The van der Waals surface area contributed by atoms with Gasteiger partial charge in [0.1, 0.15) is 5.60 Å². The first kappa shape index (κ1) is 32.2. The van der Waals surface area contributed by atoms with Crippen LogP contribution in [0.4, 0.5) is 16.2 Å². The number of anilines is 2. The maximum Gasteiger partial charge on any atom is 0.418 e. The predicted molar refractivity (Wildman–Crippen MR) is 190 cm³/mol. The first-order valence-electron chi connectivity index (χ1n) is 16.2. The van der Waals surface area contributed by atoms with Crippen molar-refractivity contribution in [3.63, 3.8) is 0 Å². The molecule has 0 saturated carbocycles. The van der Waals surface area contributed by atoms with E-state index < -0.39 is 20.7 Å². The van der Waals surface area contributed by atoms with Gasteiger partial charge in [0.25, 0.3) is 9.04 Å². The summed E-state index contributed by atoms with van der Waals surface area (Å²) in [5.74, 6) is 0.0180. The lowest BCUT2D eigenvalue weighted by atomic mass is 9.71. The van der Waals surface area contributed by atoms with Gasteiger partial charge in [-0.3, -0.25) is 4.79 Å². The van der Waals surface area contributed by atoms with Gasteiger partial charge in [-0.1, -0.05) is 136 Å². The highest BCUT2D eigenvalue weighted by Gasteiger charge is 2.48. The molecular formula is C41H40NO4Si. The number of rotatable bonds is 9. The van der Waals surface area contributed by atoms with Gasteiger partial charge in [-0.05, 0) is 63.2 Å². The van der Waals surface area contributed by atoms with E-state index in [2.05, 4.69) is 51.1 Å². The summed E-state index contributed by atoms with van der Waals surface area (Å²) in [7, 11) is -1.90. The topological polar surface area (TPSA) is 55.8 Å². The van der Waals surface area contributed by atoms with Gasteiger partial charge in [0, 0.05) is 12.8 Å². The molecule has 47 heavy (non-hydrogen) atoms. The molecule has 1 amide bonds. The van der Waals surface area contributed by atoms with Crippen molar-refractivity contribution in [3.8, 4) is 0 Å². The Balaban J connectivity index is 1.40. The zero-order valence-corrected chi connectivity index (χ0v) is 28.2. The number of hydrogen-bond donors (Lipinski definition) is 0. The monoisotopic (exact) mass is 638 g/mol. The molecule has 0 aromatic heterocycles. The minimum absolute atomic E-state index is 0.00134.